The Morgan fingerprint density at radius 2 is 2.17 bits per heavy atom. The summed E-state index contributed by atoms with van der Waals surface area (Å²) in [5.74, 6) is 0.674. The average molecular weight is 186 g/mol. The van der Waals surface area contributed by atoms with E-state index in [1.807, 2.05) is 0 Å². The maximum Gasteiger partial charge on any atom is 0.171 e. The summed E-state index contributed by atoms with van der Waals surface area (Å²) in [7, 11) is 0. The first-order valence-electron chi connectivity index (χ1n) is 4.05. The number of anilines is 1. The van der Waals surface area contributed by atoms with Gasteiger partial charge in [-0.1, -0.05) is 24.9 Å². The molecule has 0 aliphatic carbocycles. The normalized spacial score (nSPS) is 9.83. The van der Waals surface area contributed by atoms with E-state index in [2.05, 4.69) is 22.2 Å². The van der Waals surface area contributed by atoms with Crippen molar-refractivity contribution in [2.24, 2.45) is 0 Å². The van der Waals surface area contributed by atoms with Crippen LogP contribution in [0.15, 0.2) is 12.4 Å². The predicted octanol–water partition coefficient (Wildman–Crippen LogP) is 2.34. The molecule has 0 radical (unpaired) electrons. The molecule has 0 saturated heterocycles. The highest BCUT2D eigenvalue weighted by Crippen LogP contribution is 2.13. The lowest BCUT2D eigenvalue weighted by Gasteiger charge is -2.04. The predicted molar refractivity (Wildman–Crippen MR) is 50.4 cm³/mol. The summed E-state index contributed by atoms with van der Waals surface area (Å²) in [5, 5.41) is 3.55. The second-order valence-electron chi connectivity index (χ2n) is 2.48. The smallest absolute Gasteiger partial charge is 0.171 e. The van der Waals surface area contributed by atoms with Crippen molar-refractivity contribution in [3.63, 3.8) is 0 Å². The molecule has 4 heteroatoms. The average Bonchev–Trinajstić information content (AvgIpc) is 2.09. The zero-order chi connectivity index (χ0) is 8.81. The van der Waals surface area contributed by atoms with E-state index in [1.54, 1.807) is 12.4 Å². The highest BCUT2D eigenvalue weighted by atomic mass is 35.5. The van der Waals surface area contributed by atoms with Crippen LogP contribution in [0.4, 0.5) is 5.82 Å². The van der Waals surface area contributed by atoms with Crippen LogP contribution in [0.1, 0.15) is 19.8 Å². The molecule has 1 aromatic rings. The van der Waals surface area contributed by atoms with Crippen LogP contribution in [0.5, 0.6) is 0 Å². The maximum absolute atomic E-state index is 5.77. The Hall–Kier alpha value is -0.830. The Labute approximate surface area is 77.2 Å². The van der Waals surface area contributed by atoms with Crippen LogP contribution in [0.25, 0.3) is 0 Å². The zero-order valence-electron chi connectivity index (χ0n) is 7.05. The number of hydrogen-bond donors (Lipinski definition) is 1. The van der Waals surface area contributed by atoms with Crippen LogP contribution in [-0.4, -0.2) is 16.5 Å². The van der Waals surface area contributed by atoms with Crippen LogP contribution < -0.4 is 5.32 Å². The molecule has 0 atom stereocenters. The minimum absolute atomic E-state index is 0.439. The van der Waals surface area contributed by atoms with E-state index >= 15 is 0 Å². The molecule has 0 amide bonds. The summed E-state index contributed by atoms with van der Waals surface area (Å²) in [6, 6.07) is 0. The maximum atomic E-state index is 5.77. The Morgan fingerprint density at radius 3 is 2.83 bits per heavy atom. The summed E-state index contributed by atoms with van der Waals surface area (Å²) < 4.78 is 0. The zero-order valence-corrected chi connectivity index (χ0v) is 7.80. The van der Waals surface area contributed by atoms with Gasteiger partial charge in [-0.05, 0) is 6.42 Å². The van der Waals surface area contributed by atoms with Gasteiger partial charge in [0, 0.05) is 18.9 Å². The van der Waals surface area contributed by atoms with E-state index in [-0.39, 0.29) is 0 Å². The molecule has 1 N–H and O–H groups in total. The number of nitrogens with zero attached hydrogens (tertiary/aromatic N) is 2. The fourth-order valence-electron chi connectivity index (χ4n) is 0.823. The minimum Gasteiger partial charge on any atom is -0.368 e. The topological polar surface area (TPSA) is 37.8 Å². The van der Waals surface area contributed by atoms with Crippen molar-refractivity contribution >= 4 is 17.4 Å². The largest absolute Gasteiger partial charge is 0.368 e. The van der Waals surface area contributed by atoms with Gasteiger partial charge in [0.1, 0.15) is 0 Å². The monoisotopic (exact) mass is 185 g/mol. The molecule has 0 aromatic carbocycles. The van der Waals surface area contributed by atoms with Gasteiger partial charge in [0.2, 0.25) is 0 Å². The van der Waals surface area contributed by atoms with Crippen molar-refractivity contribution in [3.05, 3.63) is 17.5 Å². The fraction of sp³-hybridized carbons (Fsp3) is 0.500. The molecule has 0 fully saturated rings. The number of nitrogens with one attached hydrogen (secondary N) is 1. The SMILES string of the molecule is CCCCNc1nccnc1Cl. The molecule has 0 aliphatic heterocycles. The van der Waals surface area contributed by atoms with Crippen LogP contribution in [-0.2, 0) is 0 Å². The first-order valence-corrected chi connectivity index (χ1v) is 4.42. The second kappa shape index (κ2) is 4.93. The van der Waals surface area contributed by atoms with Crippen molar-refractivity contribution < 1.29 is 0 Å². The molecular formula is C8H12ClN3. The lowest BCUT2D eigenvalue weighted by Crippen LogP contribution is -2.03. The molecule has 66 valence electrons. The van der Waals surface area contributed by atoms with Gasteiger partial charge in [0.05, 0.1) is 0 Å². The molecule has 0 unspecified atom stereocenters. The molecule has 1 aromatic heterocycles. The van der Waals surface area contributed by atoms with Crippen LogP contribution in [0.2, 0.25) is 5.15 Å². The summed E-state index contributed by atoms with van der Waals surface area (Å²) in [4.78, 5) is 7.94. The van der Waals surface area contributed by atoms with Gasteiger partial charge < -0.3 is 5.32 Å². The van der Waals surface area contributed by atoms with E-state index in [9.17, 15) is 0 Å². The molecule has 0 spiro atoms. The molecule has 1 heterocycles. The first-order chi connectivity index (χ1) is 5.84. The van der Waals surface area contributed by atoms with Gasteiger partial charge in [-0.25, -0.2) is 9.97 Å². The third-order valence-electron chi connectivity index (χ3n) is 1.48. The summed E-state index contributed by atoms with van der Waals surface area (Å²) in [6.45, 7) is 3.04. The second-order valence-corrected chi connectivity index (χ2v) is 2.83. The van der Waals surface area contributed by atoms with Crippen molar-refractivity contribution in [2.75, 3.05) is 11.9 Å². The molecule has 3 nitrogen and oxygen atoms in total. The molecule has 0 bridgehead atoms. The third-order valence-corrected chi connectivity index (χ3v) is 1.75. The number of hydrogen-bond acceptors (Lipinski definition) is 3. The third kappa shape index (κ3) is 2.66. The fourth-order valence-corrected chi connectivity index (χ4v) is 0.995. The van der Waals surface area contributed by atoms with Crippen molar-refractivity contribution in [1.29, 1.82) is 0 Å². The number of aromatic nitrogens is 2. The lowest BCUT2D eigenvalue weighted by molar-refractivity contribution is 0.830. The van der Waals surface area contributed by atoms with Gasteiger partial charge in [-0.15, -0.1) is 0 Å². The number of halogens is 1. The van der Waals surface area contributed by atoms with E-state index in [1.165, 1.54) is 0 Å². The summed E-state index contributed by atoms with van der Waals surface area (Å²) >= 11 is 5.77. The van der Waals surface area contributed by atoms with E-state index in [4.69, 9.17) is 11.6 Å². The summed E-state index contributed by atoms with van der Waals surface area (Å²) in [5.41, 5.74) is 0. The number of rotatable bonds is 4. The van der Waals surface area contributed by atoms with Gasteiger partial charge in [-0.3, -0.25) is 0 Å². The molecule has 12 heavy (non-hydrogen) atoms. The first kappa shape index (κ1) is 9.26. The van der Waals surface area contributed by atoms with E-state index < -0.39 is 0 Å². The van der Waals surface area contributed by atoms with Gasteiger partial charge in [0.15, 0.2) is 11.0 Å². The number of unbranched alkanes of at least 4 members (excludes halogenated alkanes) is 1. The highest BCUT2D eigenvalue weighted by molar-refractivity contribution is 6.31. The van der Waals surface area contributed by atoms with E-state index in [0.29, 0.717) is 11.0 Å². The van der Waals surface area contributed by atoms with Crippen molar-refractivity contribution in [1.82, 2.24) is 9.97 Å². The Morgan fingerprint density at radius 1 is 1.42 bits per heavy atom. The molecular weight excluding hydrogens is 174 g/mol. The standard InChI is InChI=1S/C8H12ClN3/c1-2-3-4-11-8-7(9)10-5-6-12-8/h5-6H,2-4H2,1H3,(H,11,12). The molecule has 1 rings (SSSR count). The van der Waals surface area contributed by atoms with Crippen LogP contribution in [0.3, 0.4) is 0 Å². The van der Waals surface area contributed by atoms with Crippen molar-refractivity contribution in [3.8, 4) is 0 Å². The highest BCUT2D eigenvalue weighted by Gasteiger charge is 1.98. The van der Waals surface area contributed by atoms with E-state index in [0.717, 1.165) is 19.4 Å². The quantitative estimate of drug-likeness (QED) is 0.732. The summed E-state index contributed by atoms with van der Waals surface area (Å²) in [6.07, 6.45) is 5.48. The molecule has 0 saturated carbocycles. The Balaban J connectivity index is 2.46. The van der Waals surface area contributed by atoms with Crippen LogP contribution >= 0.6 is 11.6 Å². The Bertz CT molecular complexity index is 239. The van der Waals surface area contributed by atoms with Crippen LogP contribution in [0, 0.1) is 0 Å². The van der Waals surface area contributed by atoms with Crippen molar-refractivity contribution in [2.45, 2.75) is 19.8 Å². The van der Waals surface area contributed by atoms with Gasteiger partial charge in [-0.2, -0.15) is 0 Å². The minimum atomic E-state index is 0.439. The lowest BCUT2D eigenvalue weighted by atomic mass is 10.3. The Kier molecular flexibility index (Phi) is 3.80. The molecule has 0 aliphatic rings. The van der Waals surface area contributed by atoms with Gasteiger partial charge >= 0.3 is 0 Å². The van der Waals surface area contributed by atoms with Gasteiger partial charge in [0.25, 0.3) is 0 Å².